The van der Waals surface area contributed by atoms with Gasteiger partial charge < -0.3 is 0 Å². The molecule has 2 heterocycles. The van der Waals surface area contributed by atoms with Gasteiger partial charge in [0, 0.05) is 18.8 Å². The van der Waals surface area contributed by atoms with Gasteiger partial charge in [-0.1, -0.05) is 11.6 Å². The van der Waals surface area contributed by atoms with Crippen molar-refractivity contribution in [3.63, 3.8) is 0 Å². The second-order valence-corrected chi connectivity index (χ2v) is 3.96. The number of nitrogens with zero attached hydrogens (tertiary/aromatic N) is 3. The molecule has 2 rings (SSSR count). The zero-order valence-electron chi connectivity index (χ0n) is 8.13. The quantitative estimate of drug-likeness (QED) is 0.610. The molecule has 0 radical (unpaired) electrons. The van der Waals surface area contributed by atoms with Gasteiger partial charge in [0.15, 0.2) is 0 Å². The molecule has 3 nitrogen and oxygen atoms in total. The molecule has 4 heteroatoms. The van der Waals surface area contributed by atoms with Crippen LogP contribution in [0.3, 0.4) is 0 Å². The molecular weight excluding hydrogens is 198 g/mol. The number of rotatable bonds is 0. The molecule has 0 saturated heterocycles. The van der Waals surface area contributed by atoms with Gasteiger partial charge in [-0.2, -0.15) is 5.26 Å². The number of nitriles is 1. The van der Waals surface area contributed by atoms with Crippen molar-refractivity contribution in [2.24, 2.45) is 0 Å². The Morgan fingerprint density at radius 3 is 2.71 bits per heavy atom. The molecule has 0 bridgehead atoms. The summed E-state index contributed by atoms with van der Waals surface area (Å²) in [6.07, 6.45) is 0. The van der Waals surface area contributed by atoms with E-state index in [4.69, 9.17) is 16.9 Å². The molecule has 0 fully saturated rings. The zero-order chi connectivity index (χ0) is 10.3. The van der Waals surface area contributed by atoms with Gasteiger partial charge in [-0.25, -0.2) is 4.98 Å². The van der Waals surface area contributed by atoms with Crippen LogP contribution in [-0.2, 0) is 13.1 Å². The lowest BCUT2D eigenvalue weighted by Crippen LogP contribution is -2.07. The highest BCUT2D eigenvalue weighted by Gasteiger charge is 2.23. The maximum absolute atomic E-state index is 8.97. The lowest BCUT2D eigenvalue weighted by atomic mass is 10.1. The van der Waals surface area contributed by atoms with E-state index in [0.717, 1.165) is 29.9 Å². The van der Waals surface area contributed by atoms with Crippen LogP contribution in [0.15, 0.2) is 0 Å². The van der Waals surface area contributed by atoms with Crippen LogP contribution < -0.4 is 0 Å². The van der Waals surface area contributed by atoms with E-state index in [1.807, 2.05) is 14.0 Å². The molecule has 0 N–H and O–H groups in total. The minimum Gasteiger partial charge on any atom is -0.298 e. The van der Waals surface area contributed by atoms with E-state index in [0.29, 0.717) is 10.7 Å². The Balaban J connectivity index is 2.68. The summed E-state index contributed by atoms with van der Waals surface area (Å²) >= 11 is 5.91. The number of hydrogen-bond acceptors (Lipinski definition) is 3. The Kier molecular flexibility index (Phi) is 2.18. The molecule has 72 valence electrons. The molecular formula is C10H10ClN3. The molecule has 1 aliphatic rings. The summed E-state index contributed by atoms with van der Waals surface area (Å²) in [5.74, 6) is 0. The lowest BCUT2D eigenvalue weighted by molar-refractivity contribution is 0.352. The summed E-state index contributed by atoms with van der Waals surface area (Å²) in [5.41, 5.74) is 3.69. The van der Waals surface area contributed by atoms with Crippen LogP contribution in [0.1, 0.15) is 22.4 Å². The zero-order valence-corrected chi connectivity index (χ0v) is 8.89. The van der Waals surface area contributed by atoms with Crippen molar-refractivity contribution in [1.29, 1.82) is 5.26 Å². The van der Waals surface area contributed by atoms with Gasteiger partial charge in [-0.05, 0) is 25.1 Å². The summed E-state index contributed by atoms with van der Waals surface area (Å²) in [7, 11) is 2.02. The van der Waals surface area contributed by atoms with E-state index < -0.39 is 0 Å². The molecule has 0 unspecified atom stereocenters. The van der Waals surface area contributed by atoms with Crippen molar-refractivity contribution in [2.45, 2.75) is 20.0 Å². The summed E-state index contributed by atoms with van der Waals surface area (Å²) in [6, 6.07) is 2.12. The third kappa shape index (κ3) is 1.28. The van der Waals surface area contributed by atoms with Gasteiger partial charge in [-0.3, -0.25) is 4.90 Å². The molecule has 1 aliphatic heterocycles. The highest BCUT2D eigenvalue weighted by Crippen LogP contribution is 2.29. The normalized spacial score (nSPS) is 15.3. The van der Waals surface area contributed by atoms with Crippen LogP contribution in [0.2, 0.25) is 5.15 Å². The SMILES string of the molecule is Cc1nc(Cl)c(C#N)c2c1CN(C)C2. The van der Waals surface area contributed by atoms with Crippen LogP contribution in [0.4, 0.5) is 0 Å². The average Bonchev–Trinajstić information content (AvgIpc) is 2.48. The van der Waals surface area contributed by atoms with E-state index in [9.17, 15) is 0 Å². The van der Waals surface area contributed by atoms with Crippen LogP contribution in [0.25, 0.3) is 0 Å². The molecule has 0 amide bonds. The van der Waals surface area contributed by atoms with Crippen molar-refractivity contribution in [2.75, 3.05) is 7.05 Å². The van der Waals surface area contributed by atoms with Crippen molar-refractivity contribution in [3.8, 4) is 6.07 Å². The predicted octanol–water partition coefficient (Wildman–Crippen LogP) is 1.86. The van der Waals surface area contributed by atoms with Gasteiger partial charge in [0.05, 0.1) is 5.56 Å². The van der Waals surface area contributed by atoms with E-state index >= 15 is 0 Å². The molecule has 1 aromatic rings. The van der Waals surface area contributed by atoms with Crippen molar-refractivity contribution in [3.05, 3.63) is 27.5 Å². The van der Waals surface area contributed by atoms with Gasteiger partial charge in [0.1, 0.15) is 11.2 Å². The van der Waals surface area contributed by atoms with Gasteiger partial charge in [0.25, 0.3) is 0 Å². The molecule has 0 spiro atoms. The molecule has 1 aromatic heterocycles. The lowest BCUT2D eigenvalue weighted by Gasteiger charge is -2.05. The Hall–Kier alpha value is -1.11. The standard InChI is InChI=1S/C10H10ClN3/c1-6-8-4-14(2)5-9(8)7(3-12)10(11)13-6/h4-5H2,1-2H3. The maximum Gasteiger partial charge on any atom is 0.147 e. The number of fused-ring (bicyclic) bond motifs is 1. The second-order valence-electron chi connectivity index (χ2n) is 3.60. The van der Waals surface area contributed by atoms with Crippen LogP contribution in [0.5, 0.6) is 0 Å². The maximum atomic E-state index is 8.97. The van der Waals surface area contributed by atoms with Crippen LogP contribution >= 0.6 is 11.6 Å². The largest absolute Gasteiger partial charge is 0.298 e. The van der Waals surface area contributed by atoms with Gasteiger partial charge in [-0.15, -0.1) is 0 Å². The van der Waals surface area contributed by atoms with Crippen LogP contribution in [-0.4, -0.2) is 16.9 Å². The number of aromatic nitrogens is 1. The van der Waals surface area contributed by atoms with Crippen molar-refractivity contribution < 1.29 is 0 Å². The van der Waals surface area contributed by atoms with E-state index in [-0.39, 0.29) is 0 Å². The number of aryl methyl sites for hydroxylation is 1. The second kappa shape index (κ2) is 3.23. The fraction of sp³-hybridized carbons (Fsp3) is 0.400. The first-order chi connectivity index (χ1) is 6.63. The first kappa shape index (κ1) is 9.45. The first-order valence-corrected chi connectivity index (χ1v) is 4.77. The topological polar surface area (TPSA) is 39.9 Å². The third-order valence-electron chi connectivity index (χ3n) is 2.54. The smallest absolute Gasteiger partial charge is 0.147 e. The number of pyridine rings is 1. The summed E-state index contributed by atoms with van der Waals surface area (Å²) in [6.45, 7) is 3.59. The number of halogens is 1. The summed E-state index contributed by atoms with van der Waals surface area (Å²) in [4.78, 5) is 6.32. The molecule has 0 atom stereocenters. The minimum atomic E-state index is 0.332. The Labute approximate surface area is 87.9 Å². The Bertz CT molecular complexity index is 434. The predicted molar refractivity (Wildman–Crippen MR) is 53.9 cm³/mol. The highest BCUT2D eigenvalue weighted by atomic mass is 35.5. The van der Waals surface area contributed by atoms with Gasteiger partial charge in [0.2, 0.25) is 0 Å². The van der Waals surface area contributed by atoms with Crippen molar-refractivity contribution >= 4 is 11.6 Å². The summed E-state index contributed by atoms with van der Waals surface area (Å²) in [5, 5.41) is 9.30. The third-order valence-corrected chi connectivity index (χ3v) is 2.82. The molecule has 14 heavy (non-hydrogen) atoms. The fourth-order valence-corrected chi connectivity index (χ4v) is 2.14. The van der Waals surface area contributed by atoms with E-state index in [2.05, 4.69) is 16.0 Å². The minimum absolute atomic E-state index is 0.332. The Morgan fingerprint density at radius 2 is 2.07 bits per heavy atom. The molecule has 0 aromatic carbocycles. The number of hydrogen-bond donors (Lipinski definition) is 0. The highest BCUT2D eigenvalue weighted by molar-refractivity contribution is 6.30. The van der Waals surface area contributed by atoms with Crippen LogP contribution in [0, 0.1) is 18.3 Å². The Morgan fingerprint density at radius 1 is 1.43 bits per heavy atom. The van der Waals surface area contributed by atoms with E-state index in [1.54, 1.807) is 0 Å². The average molecular weight is 208 g/mol. The first-order valence-electron chi connectivity index (χ1n) is 4.40. The fourth-order valence-electron chi connectivity index (χ4n) is 1.86. The monoisotopic (exact) mass is 207 g/mol. The molecule has 0 saturated carbocycles. The van der Waals surface area contributed by atoms with Crippen molar-refractivity contribution in [1.82, 2.24) is 9.88 Å². The molecule has 0 aliphatic carbocycles. The summed E-state index contributed by atoms with van der Waals surface area (Å²) < 4.78 is 0. The van der Waals surface area contributed by atoms with E-state index in [1.165, 1.54) is 0 Å². The van der Waals surface area contributed by atoms with Gasteiger partial charge >= 0.3 is 0 Å².